The zero-order valence-corrected chi connectivity index (χ0v) is 21.2. The van der Waals surface area contributed by atoms with Crippen LogP contribution >= 0.6 is 0 Å². The van der Waals surface area contributed by atoms with E-state index >= 15 is 0 Å². The van der Waals surface area contributed by atoms with Crippen molar-refractivity contribution in [3.8, 4) is 0 Å². The molecule has 1 heterocycles. The summed E-state index contributed by atoms with van der Waals surface area (Å²) in [6.07, 6.45) is 5.66. The normalized spacial score (nSPS) is 17.9. The highest BCUT2D eigenvalue weighted by molar-refractivity contribution is 5.72. The monoisotopic (exact) mass is 433 g/mol. The van der Waals surface area contributed by atoms with Gasteiger partial charge in [-0.25, -0.2) is 0 Å². The molecule has 0 spiro atoms. The number of hydrogen-bond acceptors (Lipinski definition) is 3. The third-order valence-corrected chi connectivity index (χ3v) is 6.19. The van der Waals surface area contributed by atoms with Gasteiger partial charge in [-0.3, -0.25) is 0 Å². The van der Waals surface area contributed by atoms with E-state index in [0.717, 1.165) is 17.0 Å². The van der Waals surface area contributed by atoms with Crippen LogP contribution in [-0.2, 0) is 4.84 Å². The highest BCUT2D eigenvalue weighted by Gasteiger charge is 2.32. The lowest BCUT2D eigenvalue weighted by Gasteiger charge is -2.39. The fourth-order valence-electron chi connectivity index (χ4n) is 3.88. The van der Waals surface area contributed by atoms with Crippen LogP contribution in [0.1, 0.15) is 75.4 Å². The van der Waals surface area contributed by atoms with Crippen molar-refractivity contribution in [2.24, 2.45) is 10.8 Å². The number of benzene rings is 2. The van der Waals surface area contributed by atoms with Crippen LogP contribution in [0.25, 0.3) is 6.08 Å². The van der Waals surface area contributed by atoms with E-state index in [1.54, 1.807) is 0 Å². The minimum absolute atomic E-state index is 0.0685. The van der Waals surface area contributed by atoms with E-state index in [0.29, 0.717) is 0 Å². The molecule has 0 aromatic heterocycles. The highest BCUT2D eigenvalue weighted by atomic mass is 16.7. The van der Waals surface area contributed by atoms with Crippen LogP contribution in [0.5, 0.6) is 0 Å². The average Bonchev–Trinajstić information content (AvgIpc) is 2.69. The maximum atomic E-state index is 10.9. The molecule has 1 aliphatic heterocycles. The van der Waals surface area contributed by atoms with Crippen LogP contribution in [0, 0.1) is 31.6 Å². The van der Waals surface area contributed by atoms with E-state index in [9.17, 15) is 5.11 Å². The number of aryl methyl sites for hydroxylation is 2. The molecule has 0 radical (unpaired) electrons. The molecular formula is C29H39NO2. The zero-order valence-electron chi connectivity index (χ0n) is 21.2. The Labute approximate surface area is 194 Å². The van der Waals surface area contributed by atoms with Crippen LogP contribution in [0.4, 0.5) is 5.69 Å². The first-order valence-electron chi connectivity index (χ1n) is 11.5. The Hall–Kier alpha value is -2.52. The van der Waals surface area contributed by atoms with Gasteiger partial charge in [0, 0.05) is 11.0 Å². The van der Waals surface area contributed by atoms with Gasteiger partial charge >= 0.3 is 0 Å². The number of aliphatic hydroxyl groups is 1. The molecule has 0 bridgehead atoms. The van der Waals surface area contributed by atoms with Crippen molar-refractivity contribution in [1.29, 1.82) is 0 Å². The summed E-state index contributed by atoms with van der Waals surface area (Å²) in [6.45, 7) is 19.0. The Morgan fingerprint density at radius 3 is 2.31 bits per heavy atom. The highest BCUT2D eigenvalue weighted by Crippen LogP contribution is 2.41. The van der Waals surface area contributed by atoms with Crippen molar-refractivity contribution in [2.45, 2.75) is 74.5 Å². The fourth-order valence-corrected chi connectivity index (χ4v) is 3.88. The van der Waals surface area contributed by atoms with Crippen LogP contribution in [0.3, 0.4) is 0 Å². The predicted octanol–water partition coefficient (Wildman–Crippen LogP) is 7.45. The van der Waals surface area contributed by atoms with Gasteiger partial charge in [0.25, 0.3) is 0 Å². The summed E-state index contributed by atoms with van der Waals surface area (Å²) in [5.41, 5.74) is 6.63. The number of hydroxylamine groups is 1. The third kappa shape index (κ3) is 5.10. The first-order valence-corrected chi connectivity index (χ1v) is 11.5. The van der Waals surface area contributed by atoms with Gasteiger partial charge < -0.3 is 9.94 Å². The second kappa shape index (κ2) is 8.78. The number of hydrogen-bond donors (Lipinski definition) is 1. The Morgan fingerprint density at radius 1 is 1.03 bits per heavy atom. The molecule has 0 fully saturated rings. The molecule has 1 aliphatic rings. The van der Waals surface area contributed by atoms with Gasteiger partial charge in [0.15, 0.2) is 0 Å². The Balaban J connectivity index is 2.14. The number of fused-ring (bicyclic) bond motifs is 1. The average molecular weight is 434 g/mol. The van der Waals surface area contributed by atoms with E-state index in [1.807, 2.05) is 44.0 Å². The van der Waals surface area contributed by atoms with Crippen LogP contribution in [0.15, 0.2) is 54.3 Å². The minimum Gasteiger partial charge on any atom is -0.388 e. The molecule has 172 valence electrons. The number of aliphatic hydroxyl groups excluding tert-OH is 1. The van der Waals surface area contributed by atoms with Gasteiger partial charge in [-0.15, -0.1) is 0 Å². The summed E-state index contributed by atoms with van der Waals surface area (Å²) in [6, 6.07) is 12.7. The summed E-state index contributed by atoms with van der Waals surface area (Å²) in [4.78, 5) is 6.73. The number of allylic oxidation sites excluding steroid dienone is 1. The molecule has 2 aromatic rings. The number of rotatable bonds is 4. The van der Waals surface area contributed by atoms with Gasteiger partial charge in [-0.2, -0.15) is 5.06 Å². The smallest absolute Gasteiger partial charge is 0.136 e. The molecule has 32 heavy (non-hydrogen) atoms. The summed E-state index contributed by atoms with van der Waals surface area (Å²) in [5.74, 6) is 0.761. The molecule has 2 unspecified atom stereocenters. The first-order chi connectivity index (χ1) is 14.8. The van der Waals surface area contributed by atoms with Crippen LogP contribution < -0.4 is 5.06 Å². The van der Waals surface area contributed by atoms with Crippen molar-refractivity contribution >= 4 is 11.8 Å². The number of para-hydroxylation sites is 1. The second-order valence-corrected chi connectivity index (χ2v) is 11.2. The van der Waals surface area contributed by atoms with E-state index in [-0.39, 0.29) is 16.9 Å². The molecule has 0 saturated carbocycles. The van der Waals surface area contributed by atoms with Crippen molar-refractivity contribution in [2.75, 3.05) is 5.06 Å². The van der Waals surface area contributed by atoms with Crippen molar-refractivity contribution < 1.29 is 9.94 Å². The summed E-state index contributed by atoms with van der Waals surface area (Å²) in [7, 11) is 0. The lowest BCUT2D eigenvalue weighted by Crippen LogP contribution is -2.34. The molecule has 0 amide bonds. The van der Waals surface area contributed by atoms with E-state index in [2.05, 4.69) is 78.0 Å². The molecular weight excluding hydrogens is 394 g/mol. The Bertz CT molecular complexity index is 1030. The van der Waals surface area contributed by atoms with E-state index < -0.39 is 6.10 Å². The van der Waals surface area contributed by atoms with E-state index in [1.165, 1.54) is 22.3 Å². The quantitative estimate of drug-likeness (QED) is 0.508. The Kier molecular flexibility index (Phi) is 6.62. The fraction of sp³-hybridized carbons (Fsp3) is 0.448. The van der Waals surface area contributed by atoms with E-state index in [4.69, 9.17) is 4.84 Å². The first kappa shape index (κ1) is 24.1. The molecule has 3 rings (SSSR count). The van der Waals surface area contributed by atoms with Crippen LogP contribution in [-0.4, -0.2) is 11.2 Å². The number of anilines is 1. The van der Waals surface area contributed by atoms with Gasteiger partial charge in [-0.1, -0.05) is 89.6 Å². The molecule has 3 heteroatoms. The van der Waals surface area contributed by atoms with Crippen molar-refractivity contribution in [1.82, 2.24) is 0 Å². The largest absolute Gasteiger partial charge is 0.388 e. The van der Waals surface area contributed by atoms with Gasteiger partial charge in [0.1, 0.15) is 11.8 Å². The van der Waals surface area contributed by atoms with Gasteiger partial charge in [-0.05, 0) is 55.0 Å². The topological polar surface area (TPSA) is 32.7 Å². The molecule has 3 nitrogen and oxygen atoms in total. The maximum Gasteiger partial charge on any atom is 0.136 e. The maximum absolute atomic E-state index is 10.9. The lowest BCUT2D eigenvalue weighted by molar-refractivity contribution is 0.0790. The molecule has 2 aromatic carbocycles. The molecule has 0 saturated heterocycles. The van der Waals surface area contributed by atoms with Gasteiger partial charge in [0.05, 0.1) is 11.8 Å². The third-order valence-electron chi connectivity index (χ3n) is 6.19. The molecule has 2 atom stereocenters. The molecule has 1 N–H and O–H groups in total. The predicted molar refractivity (Wildman–Crippen MR) is 135 cm³/mol. The van der Waals surface area contributed by atoms with Crippen LogP contribution in [0.2, 0.25) is 0 Å². The van der Waals surface area contributed by atoms with Crippen molar-refractivity contribution in [3.63, 3.8) is 0 Å². The second-order valence-electron chi connectivity index (χ2n) is 11.2. The summed E-state index contributed by atoms with van der Waals surface area (Å²) < 4.78 is 0. The summed E-state index contributed by atoms with van der Waals surface area (Å²) >= 11 is 0. The zero-order chi connectivity index (χ0) is 23.8. The van der Waals surface area contributed by atoms with Crippen molar-refractivity contribution in [3.05, 3.63) is 82.1 Å². The lowest BCUT2D eigenvalue weighted by atomic mass is 9.85. The van der Waals surface area contributed by atoms with Gasteiger partial charge in [0.2, 0.25) is 0 Å². The Morgan fingerprint density at radius 2 is 1.69 bits per heavy atom. The number of nitrogens with zero attached hydrogens (tertiary/aromatic N) is 1. The SMILES string of the molecule is Cc1cc(C)c(C)c(C2C=Cc3ccccc3N2O/C(=C\C(O)C(C)(C)C)C(C)(C)C)c1. The standard InChI is InChI=1S/C29H39NO2/c1-19-16-20(2)21(3)23(17-19)25-15-14-22-12-10-11-13-24(22)30(25)32-27(29(7,8)9)18-26(31)28(4,5)6/h10-18,25-26,31H,1-9H3/b27-18-. The molecule has 0 aliphatic carbocycles. The summed E-state index contributed by atoms with van der Waals surface area (Å²) in [5, 5.41) is 12.9. The minimum atomic E-state index is -0.617.